The Morgan fingerprint density at radius 2 is 1.82 bits per heavy atom. The molecule has 0 aliphatic rings. The summed E-state index contributed by atoms with van der Waals surface area (Å²) in [6.45, 7) is 1.81. The lowest BCUT2D eigenvalue weighted by atomic mass is 10.1. The average molecular weight is 378 g/mol. The Labute approximate surface area is 163 Å². The molecule has 2 aromatic carbocycles. The lowest BCUT2D eigenvalue weighted by Gasteiger charge is -2.14. The van der Waals surface area contributed by atoms with Crippen LogP contribution in [0.3, 0.4) is 0 Å². The second-order valence-corrected chi connectivity index (χ2v) is 6.25. The first-order chi connectivity index (χ1) is 13.6. The van der Waals surface area contributed by atoms with Crippen LogP contribution in [0, 0.1) is 0 Å². The predicted molar refractivity (Wildman–Crippen MR) is 109 cm³/mol. The third-order valence-electron chi connectivity index (χ3n) is 4.02. The lowest BCUT2D eigenvalue weighted by molar-refractivity contribution is 0.0601. The Hall–Kier alpha value is -3.45. The van der Waals surface area contributed by atoms with E-state index < -0.39 is 0 Å². The number of nitrogens with zero attached hydrogens (tertiary/aromatic N) is 2. The number of carbonyl (C=O) groups excluding carboxylic acids is 1. The molecule has 3 rings (SSSR count). The fraction of sp³-hybridized carbons (Fsp3) is 0.190. The van der Waals surface area contributed by atoms with Crippen molar-refractivity contribution in [1.29, 1.82) is 0 Å². The van der Waals surface area contributed by atoms with E-state index in [2.05, 4.69) is 20.6 Å². The predicted octanol–water partition coefficient (Wildman–Crippen LogP) is 3.47. The van der Waals surface area contributed by atoms with Crippen molar-refractivity contribution < 1.29 is 14.6 Å². The van der Waals surface area contributed by atoms with Crippen LogP contribution >= 0.6 is 0 Å². The van der Waals surface area contributed by atoms with E-state index in [-0.39, 0.29) is 18.6 Å². The van der Waals surface area contributed by atoms with Crippen molar-refractivity contribution in [1.82, 2.24) is 9.97 Å². The maximum Gasteiger partial charge on any atom is 0.337 e. The molecule has 1 atom stereocenters. The molecule has 1 aromatic heterocycles. The van der Waals surface area contributed by atoms with Crippen molar-refractivity contribution in [3.05, 3.63) is 66.2 Å². The third kappa shape index (κ3) is 4.83. The van der Waals surface area contributed by atoms with Crippen LogP contribution in [0.25, 0.3) is 11.3 Å². The third-order valence-corrected chi connectivity index (χ3v) is 4.02. The highest BCUT2D eigenvalue weighted by atomic mass is 16.5. The Morgan fingerprint density at radius 1 is 1.11 bits per heavy atom. The van der Waals surface area contributed by atoms with E-state index in [1.807, 2.05) is 43.3 Å². The summed E-state index contributed by atoms with van der Waals surface area (Å²) in [5.41, 5.74) is 2.94. The van der Waals surface area contributed by atoms with Gasteiger partial charge in [-0.25, -0.2) is 9.78 Å². The molecule has 0 spiro atoms. The van der Waals surface area contributed by atoms with Crippen molar-refractivity contribution >= 4 is 23.4 Å². The fourth-order valence-corrected chi connectivity index (χ4v) is 2.55. The second-order valence-electron chi connectivity index (χ2n) is 6.25. The van der Waals surface area contributed by atoms with Crippen LogP contribution in [0.4, 0.5) is 17.5 Å². The number of benzene rings is 2. The van der Waals surface area contributed by atoms with Gasteiger partial charge in [0.2, 0.25) is 5.95 Å². The standard InChI is InChI=1S/C21H22N4O3/c1-14(13-26)22-21-24-18(15-6-4-3-5-7-15)12-19(25-21)23-17-10-8-16(9-11-17)20(27)28-2/h3-12,14,26H,13H2,1-2H3,(H2,22,23,24,25)/t14-/m1/s1. The molecular formula is C21H22N4O3. The summed E-state index contributed by atoms with van der Waals surface area (Å²) in [5.74, 6) is 0.619. The van der Waals surface area contributed by atoms with Gasteiger partial charge in [-0.2, -0.15) is 4.98 Å². The molecule has 144 valence electrons. The summed E-state index contributed by atoms with van der Waals surface area (Å²) < 4.78 is 4.71. The van der Waals surface area contributed by atoms with Gasteiger partial charge in [0.1, 0.15) is 5.82 Å². The number of rotatable bonds is 7. The van der Waals surface area contributed by atoms with E-state index in [1.54, 1.807) is 24.3 Å². The number of anilines is 3. The number of aliphatic hydroxyl groups excluding tert-OH is 1. The zero-order valence-corrected chi connectivity index (χ0v) is 15.7. The van der Waals surface area contributed by atoms with Gasteiger partial charge in [-0.15, -0.1) is 0 Å². The molecule has 0 fully saturated rings. The number of hydrogen-bond acceptors (Lipinski definition) is 7. The van der Waals surface area contributed by atoms with Crippen molar-refractivity contribution in [3.63, 3.8) is 0 Å². The molecule has 0 radical (unpaired) electrons. The molecule has 28 heavy (non-hydrogen) atoms. The molecule has 0 saturated heterocycles. The number of hydrogen-bond donors (Lipinski definition) is 3. The van der Waals surface area contributed by atoms with Gasteiger partial charge >= 0.3 is 5.97 Å². The highest BCUT2D eigenvalue weighted by molar-refractivity contribution is 5.89. The van der Waals surface area contributed by atoms with E-state index in [0.717, 1.165) is 16.9 Å². The number of methoxy groups -OCH3 is 1. The van der Waals surface area contributed by atoms with Crippen LogP contribution in [0.2, 0.25) is 0 Å². The summed E-state index contributed by atoms with van der Waals surface area (Å²) in [5, 5.41) is 15.6. The minimum Gasteiger partial charge on any atom is -0.465 e. The highest BCUT2D eigenvalue weighted by Crippen LogP contribution is 2.24. The normalized spacial score (nSPS) is 11.5. The number of aromatic nitrogens is 2. The monoisotopic (exact) mass is 378 g/mol. The van der Waals surface area contributed by atoms with Crippen LogP contribution in [-0.4, -0.2) is 40.8 Å². The van der Waals surface area contributed by atoms with Crippen molar-refractivity contribution in [2.45, 2.75) is 13.0 Å². The van der Waals surface area contributed by atoms with Gasteiger partial charge in [-0.1, -0.05) is 30.3 Å². The van der Waals surface area contributed by atoms with Crippen LogP contribution in [-0.2, 0) is 4.74 Å². The minimum absolute atomic E-state index is 0.0311. The molecule has 0 amide bonds. The number of carbonyl (C=O) groups is 1. The molecule has 7 heteroatoms. The van der Waals surface area contributed by atoms with Crippen LogP contribution in [0.1, 0.15) is 17.3 Å². The molecule has 0 saturated carbocycles. The number of aliphatic hydroxyl groups is 1. The smallest absolute Gasteiger partial charge is 0.337 e. The van der Waals surface area contributed by atoms with E-state index in [9.17, 15) is 9.90 Å². The Kier molecular flexibility index (Phi) is 6.18. The van der Waals surface area contributed by atoms with E-state index >= 15 is 0 Å². The summed E-state index contributed by atoms with van der Waals surface area (Å²) >= 11 is 0. The van der Waals surface area contributed by atoms with Crippen LogP contribution in [0.5, 0.6) is 0 Å². The van der Waals surface area contributed by atoms with E-state index in [4.69, 9.17) is 4.74 Å². The maximum absolute atomic E-state index is 11.6. The molecule has 0 aliphatic carbocycles. The van der Waals surface area contributed by atoms with Crippen LogP contribution < -0.4 is 10.6 Å². The maximum atomic E-state index is 11.6. The van der Waals surface area contributed by atoms with Gasteiger partial charge in [-0.3, -0.25) is 0 Å². The topological polar surface area (TPSA) is 96.4 Å². The minimum atomic E-state index is -0.385. The van der Waals surface area contributed by atoms with E-state index in [0.29, 0.717) is 17.3 Å². The zero-order chi connectivity index (χ0) is 19.9. The van der Waals surface area contributed by atoms with Crippen molar-refractivity contribution in [3.8, 4) is 11.3 Å². The first-order valence-corrected chi connectivity index (χ1v) is 8.86. The summed E-state index contributed by atoms with van der Waals surface area (Å²) in [6, 6.07) is 18.4. The second kappa shape index (κ2) is 8.96. The Morgan fingerprint density at radius 3 is 2.46 bits per heavy atom. The number of nitrogens with one attached hydrogen (secondary N) is 2. The lowest BCUT2D eigenvalue weighted by Crippen LogP contribution is -2.21. The Balaban J connectivity index is 1.90. The summed E-state index contributed by atoms with van der Waals surface area (Å²) in [7, 11) is 1.35. The van der Waals surface area contributed by atoms with Crippen LogP contribution in [0.15, 0.2) is 60.7 Å². The van der Waals surface area contributed by atoms with Gasteiger partial charge in [0, 0.05) is 23.4 Å². The molecule has 0 bridgehead atoms. The van der Waals surface area contributed by atoms with Gasteiger partial charge < -0.3 is 20.5 Å². The molecular weight excluding hydrogens is 356 g/mol. The molecule has 7 nitrogen and oxygen atoms in total. The molecule has 3 N–H and O–H groups in total. The summed E-state index contributed by atoms with van der Waals surface area (Å²) in [4.78, 5) is 20.6. The molecule has 3 aromatic rings. The molecule has 1 heterocycles. The van der Waals surface area contributed by atoms with Gasteiger partial charge in [0.15, 0.2) is 0 Å². The largest absolute Gasteiger partial charge is 0.465 e. The summed E-state index contributed by atoms with van der Waals surface area (Å²) in [6.07, 6.45) is 0. The Bertz CT molecular complexity index is 930. The van der Waals surface area contributed by atoms with Crippen molar-refractivity contribution in [2.75, 3.05) is 24.4 Å². The first-order valence-electron chi connectivity index (χ1n) is 8.86. The highest BCUT2D eigenvalue weighted by Gasteiger charge is 2.10. The average Bonchev–Trinajstić information content (AvgIpc) is 2.74. The number of ether oxygens (including phenoxy) is 1. The molecule has 0 aliphatic heterocycles. The van der Waals surface area contributed by atoms with Gasteiger partial charge in [-0.05, 0) is 31.2 Å². The quantitative estimate of drug-likeness (QED) is 0.542. The zero-order valence-electron chi connectivity index (χ0n) is 15.7. The first kappa shape index (κ1) is 19.3. The van der Waals surface area contributed by atoms with E-state index in [1.165, 1.54) is 7.11 Å². The fourth-order valence-electron chi connectivity index (χ4n) is 2.55. The SMILES string of the molecule is COC(=O)c1ccc(Nc2cc(-c3ccccc3)nc(N[C@H](C)CO)n2)cc1. The molecule has 0 unspecified atom stereocenters. The van der Waals surface area contributed by atoms with Crippen molar-refractivity contribution in [2.24, 2.45) is 0 Å². The number of esters is 1. The van der Waals surface area contributed by atoms with Gasteiger partial charge in [0.05, 0.1) is 25.0 Å². The van der Waals surface area contributed by atoms with Gasteiger partial charge in [0.25, 0.3) is 0 Å².